The quantitative estimate of drug-likeness (QED) is 0.457. The zero-order valence-electron chi connectivity index (χ0n) is 17.7. The first-order chi connectivity index (χ1) is 15.6. The Morgan fingerprint density at radius 2 is 1.78 bits per heavy atom. The molecule has 7 nitrogen and oxygen atoms in total. The highest BCUT2D eigenvalue weighted by atomic mass is 32.2. The molecule has 32 heavy (non-hydrogen) atoms. The maximum Gasteiger partial charge on any atom is 0.254 e. The van der Waals surface area contributed by atoms with Crippen LogP contribution < -0.4 is 5.32 Å². The molecule has 1 aliphatic carbocycles. The first kappa shape index (κ1) is 20.6. The summed E-state index contributed by atoms with van der Waals surface area (Å²) in [5.41, 5.74) is 3.34. The van der Waals surface area contributed by atoms with Gasteiger partial charge < -0.3 is 5.32 Å². The summed E-state index contributed by atoms with van der Waals surface area (Å²) in [7, 11) is -3.16. The minimum Gasteiger partial charge on any atom is -0.340 e. The molecule has 2 aromatic heterocycles. The predicted molar refractivity (Wildman–Crippen MR) is 125 cm³/mol. The van der Waals surface area contributed by atoms with Crippen LogP contribution >= 0.6 is 0 Å². The molecule has 0 bridgehead atoms. The van der Waals surface area contributed by atoms with Crippen molar-refractivity contribution in [1.29, 1.82) is 0 Å². The van der Waals surface area contributed by atoms with E-state index in [1.165, 1.54) is 6.33 Å². The molecule has 1 aliphatic rings. The van der Waals surface area contributed by atoms with E-state index in [2.05, 4.69) is 20.4 Å². The summed E-state index contributed by atoms with van der Waals surface area (Å²) < 4.78 is 27.5. The summed E-state index contributed by atoms with van der Waals surface area (Å²) in [6.07, 6.45) is 6.18. The molecular weight excluding hydrogens is 422 g/mol. The minimum absolute atomic E-state index is 0.0670. The van der Waals surface area contributed by atoms with Crippen molar-refractivity contribution in [3.63, 3.8) is 0 Å². The van der Waals surface area contributed by atoms with Crippen molar-refractivity contribution in [2.75, 3.05) is 5.32 Å². The van der Waals surface area contributed by atoms with Gasteiger partial charge in [0.1, 0.15) is 12.1 Å². The number of aromatic nitrogens is 4. The molecular formula is C24H25N5O2S. The molecule has 8 heteroatoms. The lowest BCUT2D eigenvalue weighted by Gasteiger charge is -2.21. The molecule has 0 atom stereocenters. The van der Waals surface area contributed by atoms with E-state index in [-0.39, 0.29) is 11.0 Å². The Bertz CT molecular complexity index is 1330. The van der Waals surface area contributed by atoms with Crippen LogP contribution in [-0.4, -0.2) is 33.2 Å². The number of nitrogens with zero attached hydrogens (tertiary/aromatic N) is 4. The molecule has 1 fully saturated rings. The average Bonchev–Trinajstić information content (AvgIpc) is 3.29. The lowest BCUT2D eigenvalue weighted by molar-refractivity contribution is 0.483. The Hall–Kier alpha value is -3.26. The maximum atomic E-state index is 12.9. The highest BCUT2D eigenvalue weighted by Crippen LogP contribution is 2.28. The standard InChI is InChI=1S/C24H25N5O2S/c30-32(31,21-12-5-2-6-13-21)16-18-8-7-11-20(14-18)27-23-15-22(19-9-3-1-4-10-19)28-24-25-17-26-29(23)24/h1,3-4,7-11,14-15,17,21,27H,2,5-6,12-13,16H2. The average molecular weight is 448 g/mol. The molecule has 0 spiro atoms. The topological polar surface area (TPSA) is 89.2 Å². The van der Waals surface area contributed by atoms with Crippen LogP contribution in [0.15, 0.2) is 67.0 Å². The number of anilines is 2. The number of benzene rings is 2. The van der Waals surface area contributed by atoms with Crippen LogP contribution in [0.4, 0.5) is 11.5 Å². The molecule has 0 amide bonds. The second kappa shape index (κ2) is 8.70. The third-order valence-electron chi connectivity index (χ3n) is 5.95. The van der Waals surface area contributed by atoms with Gasteiger partial charge in [0.2, 0.25) is 0 Å². The van der Waals surface area contributed by atoms with Crippen LogP contribution in [0.5, 0.6) is 0 Å². The zero-order chi connectivity index (χ0) is 22.0. The van der Waals surface area contributed by atoms with Crippen molar-refractivity contribution in [3.05, 3.63) is 72.6 Å². The number of fused-ring (bicyclic) bond motifs is 1. The fraction of sp³-hybridized carbons (Fsp3) is 0.292. The fourth-order valence-corrected chi connectivity index (χ4v) is 6.25. The van der Waals surface area contributed by atoms with Gasteiger partial charge in [-0.2, -0.15) is 14.6 Å². The van der Waals surface area contributed by atoms with Gasteiger partial charge in [-0.1, -0.05) is 61.7 Å². The van der Waals surface area contributed by atoms with Crippen molar-refractivity contribution < 1.29 is 8.42 Å². The van der Waals surface area contributed by atoms with Crippen LogP contribution in [0.1, 0.15) is 37.7 Å². The third-order valence-corrected chi connectivity index (χ3v) is 8.17. The van der Waals surface area contributed by atoms with Crippen molar-refractivity contribution in [3.8, 4) is 11.3 Å². The number of sulfone groups is 1. The van der Waals surface area contributed by atoms with E-state index in [1.807, 2.05) is 60.7 Å². The van der Waals surface area contributed by atoms with Gasteiger partial charge in [0.25, 0.3) is 5.78 Å². The SMILES string of the molecule is O=S(=O)(Cc1cccc(Nc2cc(-c3ccccc3)nc3ncnn23)c1)C1CCCCC1. The van der Waals surface area contributed by atoms with E-state index < -0.39 is 9.84 Å². The molecule has 164 valence electrons. The molecule has 0 aliphatic heterocycles. The maximum absolute atomic E-state index is 12.9. The zero-order valence-corrected chi connectivity index (χ0v) is 18.5. The van der Waals surface area contributed by atoms with E-state index in [9.17, 15) is 8.42 Å². The van der Waals surface area contributed by atoms with Gasteiger partial charge in [0.05, 0.1) is 16.7 Å². The normalized spacial score (nSPS) is 15.1. The Labute approximate surface area is 187 Å². The summed E-state index contributed by atoms with van der Waals surface area (Å²) in [6.45, 7) is 0. The lowest BCUT2D eigenvalue weighted by atomic mass is 10.0. The Balaban J connectivity index is 1.43. The Morgan fingerprint density at radius 1 is 0.969 bits per heavy atom. The molecule has 5 rings (SSSR count). The second-order valence-electron chi connectivity index (χ2n) is 8.26. The molecule has 0 radical (unpaired) electrons. The van der Waals surface area contributed by atoms with Gasteiger partial charge >= 0.3 is 0 Å². The first-order valence-electron chi connectivity index (χ1n) is 10.9. The van der Waals surface area contributed by atoms with Crippen LogP contribution in [0.3, 0.4) is 0 Å². The van der Waals surface area contributed by atoms with Crippen LogP contribution in [-0.2, 0) is 15.6 Å². The van der Waals surface area contributed by atoms with Gasteiger partial charge in [0.15, 0.2) is 9.84 Å². The molecule has 4 aromatic rings. The van der Waals surface area contributed by atoms with Gasteiger partial charge in [-0.05, 0) is 30.5 Å². The van der Waals surface area contributed by atoms with Crippen molar-refractivity contribution in [2.45, 2.75) is 43.1 Å². The summed E-state index contributed by atoms with van der Waals surface area (Å²) in [5.74, 6) is 1.26. The molecule has 1 N–H and O–H groups in total. The molecule has 0 unspecified atom stereocenters. The molecule has 1 saturated carbocycles. The highest BCUT2D eigenvalue weighted by molar-refractivity contribution is 7.91. The smallest absolute Gasteiger partial charge is 0.254 e. The lowest BCUT2D eigenvalue weighted by Crippen LogP contribution is -2.25. The van der Waals surface area contributed by atoms with Gasteiger partial charge in [0, 0.05) is 17.3 Å². The van der Waals surface area contributed by atoms with Crippen LogP contribution in [0.2, 0.25) is 0 Å². The van der Waals surface area contributed by atoms with E-state index in [0.29, 0.717) is 11.6 Å². The van der Waals surface area contributed by atoms with Crippen molar-refractivity contribution >= 4 is 27.1 Å². The van der Waals surface area contributed by atoms with E-state index >= 15 is 0 Å². The number of nitrogens with one attached hydrogen (secondary N) is 1. The second-order valence-corrected chi connectivity index (χ2v) is 10.5. The molecule has 2 heterocycles. The van der Waals surface area contributed by atoms with E-state index in [1.54, 1.807) is 4.52 Å². The van der Waals surface area contributed by atoms with Crippen LogP contribution in [0.25, 0.3) is 17.0 Å². The summed E-state index contributed by atoms with van der Waals surface area (Å²) in [4.78, 5) is 8.84. The number of hydrogen-bond acceptors (Lipinski definition) is 6. The first-order valence-corrected chi connectivity index (χ1v) is 12.6. The molecule has 0 saturated heterocycles. The predicted octanol–water partition coefficient (Wildman–Crippen LogP) is 4.78. The number of rotatable bonds is 6. The largest absolute Gasteiger partial charge is 0.340 e. The monoisotopic (exact) mass is 447 g/mol. The third kappa shape index (κ3) is 4.36. The Kier molecular flexibility index (Phi) is 5.61. The van der Waals surface area contributed by atoms with Crippen molar-refractivity contribution in [2.24, 2.45) is 0 Å². The van der Waals surface area contributed by atoms with E-state index in [0.717, 1.165) is 54.6 Å². The van der Waals surface area contributed by atoms with Crippen LogP contribution in [0, 0.1) is 0 Å². The van der Waals surface area contributed by atoms with E-state index in [4.69, 9.17) is 0 Å². The summed E-state index contributed by atoms with van der Waals surface area (Å²) >= 11 is 0. The van der Waals surface area contributed by atoms with Gasteiger partial charge in [-0.15, -0.1) is 0 Å². The highest BCUT2D eigenvalue weighted by Gasteiger charge is 2.27. The Morgan fingerprint density at radius 3 is 2.59 bits per heavy atom. The minimum atomic E-state index is -3.16. The summed E-state index contributed by atoms with van der Waals surface area (Å²) in [5, 5.41) is 7.44. The van der Waals surface area contributed by atoms with Gasteiger partial charge in [-0.3, -0.25) is 0 Å². The fourth-order valence-electron chi connectivity index (χ4n) is 4.32. The van der Waals surface area contributed by atoms with Crippen molar-refractivity contribution in [1.82, 2.24) is 19.6 Å². The summed E-state index contributed by atoms with van der Waals surface area (Å²) in [6, 6.07) is 19.4. The van der Waals surface area contributed by atoms with Gasteiger partial charge in [-0.25, -0.2) is 13.4 Å². The molecule has 2 aromatic carbocycles. The number of hydrogen-bond donors (Lipinski definition) is 1.